The summed E-state index contributed by atoms with van der Waals surface area (Å²) in [6.07, 6.45) is 1.13. The van der Waals surface area contributed by atoms with Gasteiger partial charge < -0.3 is 9.32 Å². The van der Waals surface area contributed by atoms with Gasteiger partial charge in [0.2, 0.25) is 5.36 Å². The van der Waals surface area contributed by atoms with E-state index in [0.29, 0.717) is 0 Å². The molecule has 0 N–H and O–H groups in total. The third-order valence-corrected chi connectivity index (χ3v) is 4.72. The first-order valence-electron chi connectivity index (χ1n) is 9.99. The van der Waals surface area contributed by atoms with Gasteiger partial charge in [0.05, 0.1) is 6.07 Å². The largest absolute Gasteiger partial charge is 0.452 e. The summed E-state index contributed by atoms with van der Waals surface area (Å²) in [5.74, 6) is 0.844. The Bertz CT molecular complexity index is 990. The average molecular weight is 438 g/mol. The monoisotopic (exact) mass is 437 g/mol. The van der Waals surface area contributed by atoms with Gasteiger partial charge in [0.15, 0.2) is 11.3 Å². The number of nitrogens with zero attached hydrogens (tertiary/aromatic N) is 3. The minimum atomic E-state index is -4.94. The summed E-state index contributed by atoms with van der Waals surface area (Å²) in [7, 11) is -4.94. The third-order valence-electron chi connectivity index (χ3n) is 4.72. The summed E-state index contributed by atoms with van der Waals surface area (Å²) in [5.41, 5.74) is 3.82. The van der Waals surface area contributed by atoms with Gasteiger partial charge in [-0.3, -0.25) is 0 Å². The lowest BCUT2D eigenvalue weighted by Crippen LogP contribution is -2.68. The Morgan fingerprint density at radius 1 is 0.967 bits per heavy atom. The first-order valence-corrected chi connectivity index (χ1v) is 11.2. The van der Waals surface area contributed by atoms with Crippen molar-refractivity contribution in [2.45, 2.75) is 34.1 Å². The van der Waals surface area contributed by atoms with Gasteiger partial charge in [0.1, 0.15) is 24.3 Å². The molecular weight excluding hydrogens is 410 g/mol. The zero-order chi connectivity index (χ0) is 22.3. The molecule has 2 aliphatic rings. The maximum absolute atomic E-state index is 8.49. The van der Waals surface area contributed by atoms with E-state index in [-0.39, 0.29) is 0 Å². The van der Waals surface area contributed by atoms with Crippen LogP contribution in [0.2, 0.25) is 0 Å². The Hall–Kier alpha value is -2.23. The summed E-state index contributed by atoms with van der Waals surface area (Å²) < 4.78 is 42.6. The van der Waals surface area contributed by atoms with E-state index in [1.807, 2.05) is 0 Å². The molecule has 164 valence electrons. The van der Waals surface area contributed by atoms with E-state index in [0.717, 1.165) is 55.2 Å². The Morgan fingerprint density at radius 3 is 2.20 bits per heavy atom. The van der Waals surface area contributed by atoms with Crippen LogP contribution in [0, 0.1) is 10.2 Å². The number of aromatic nitrogens is 1. The fraction of sp³-hybridized carbons (Fsp3) is 0.429. The molecule has 0 spiro atoms. The molecule has 0 fully saturated rings. The smallest absolute Gasteiger partial charge is 0.203 e. The van der Waals surface area contributed by atoms with Crippen LogP contribution in [0.15, 0.2) is 40.8 Å². The highest BCUT2D eigenvalue weighted by Crippen LogP contribution is 2.26. The zero-order valence-corrected chi connectivity index (χ0v) is 18.5. The number of rotatable bonds is 6. The molecule has 1 aliphatic heterocycles. The molecule has 1 aromatic carbocycles. The predicted octanol–water partition coefficient (Wildman–Crippen LogP) is -0.775. The van der Waals surface area contributed by atoms with E-state index >= 15 is 0 Å². The van der Waals surface area contributed by atoms with Crippen molar-refractivity contribution in [1.29, 1.82) is 0 Å². The molecule has 30 heavy (non-hydrogen) atoms. The van der Waals surface area contributed by atoms with Gasteiger partial charge in [-0.15, -0.1) is 10.2 Å². The van der Waals surface area contributed by atoms with E-state index in [9.17, 15) is 0 Å². The summed E-state index contributed by atoms with van der Waals surface area (Å²) >= 11 is 0. The Labute approximate surface area is 178 Å². The van der Waals surface area contributed by atoms with Crippen LogP contribution in [0.4, 0.5) is 5.69 Å². The lowest BCUT2D eigenvalue weighted by atomic mass is 10.2. The molecule has 0 bridgehead atoms. The molecule has 0 unspecified atom stereocenters. The van der Waals surface area contributed by atoms with Gasteiger partial charge in [-0.2, -0.15) is 0 Å². The molecule has 1 aliphatic carbocycles. The number of halogens is 1. The molecule has 3 rings (SSSR count). The van der Waals surface area contributed by atoms with Crippen LogP contribution in [-0.2, 0) is 0 Å². The van der Waals surface area contributed by atoms with E-state index in [4.69, 9.17) is 28.0 Å². The van der Waals surface area contributed by atoms with Crippen LogP contribution in [-0.4, -0.2) is 31.2 Å². The van der Waals surface area contributed by atoms with Gasteiger partial charge in [0, 0.05) is 37.3 Å². The molecule has 1 heterocycles. The highest BCUT2D eigenvalue weighted by atomic mass is 35.7. The van der Waals surface area contributed by atoms with Crippen molar-refractivity contribution in [3.63, 3.8) is 0 Å². The molecule has 8 nitrogen and oxygen atoms in total. The van der Waals surface area contributed by atoms with Crippen molar-refractivity contribution in [3.8, 4) is 11.5 Å². The van der Waals surface area contributed by atoms with E-state index < -0.39 is 10.2 Å². The summed E-state index contributed by atoms with van der Waals surface area (Å²) in [6.45, 7) is 12.7. The summed E-state index contributed by atoms with van der Waals surface area (Å²) in [5, 5.41) is 1.20. The topological polar surface area (TPSA) is 125 Å². The van der Waals surface area contributed by atoms with E-state index in [2.05, 4.69) is 73.6 Å². The van der Waals surface area contributed by atoms with Crippen LogP contribution >= 0.6 is 0 Å². The Balaban J connectivity index is 0.000000575. The molecule has 0 saturated carbocycles. The number of benzene rings is 2. The second-order valence-corrected chi connectivity index (χ2v) is 7.40. The first kappa shape index (κ1) is 24.0. The van der Waals surface area contributed by atoms with Crippen LogP contribution < -0.4 is 33.5 Å². The van der Waals surface area contributed by atoms with Crippen molar-refractivity contribution in [2.75, 3.05) is 31.1 Å². The van der Waals surface area contributed by atoms with Gasteiger partial charge in [-0.05, 0) is 39.0 Å². The van der Waals surface area contributed by atoms with E-state index in [1.54, 1.807) is 0 Å². The Kier molecular flexibility index (Phi) is 8.57. The van der Waals surface area contributed by atoms with E-state index in [1.165, 1.54) is 11.0 Å². The SMILES string of the molecule is CCC[N+](CC)=c1ccc2nc3ccc(N(CC)CC)cc3oc-2c1.[O-][Cl+3]([O-])([O-])[O-]. The van der Waals surface area contributed by atoms with Gasteiger partial charge in [-0.1, -0.05) is 6.92 Å². The highest BCUT2D eigenvalue weighted by Gasteiger charge is 2.13. The number of hydrogen-bond acceptors (Lipinski definition) is 7. The van der Waals surface area contributed by atoms with Gasteiger partial charge in [0.25, 0.3) is 0 Å². The molecule has 0 amide bonds. The standard InChI is InChI=1S/C21H28N3O.ClHO4/c1-5-13-24(8-4)17-10-12-19-21(15-17)25-20-14-16(23(6-2)7-3)9-11-18(20)22-19;2-1(3,4)5/h9-12,14-15H,5-8,13H2,1-4H3;(H,2,3,4,5)/q+1;/p-1. The quantitative estimate of drug-likeness (QED) is 0.366. The molecular formula is C21H28ClN3O5. The number of fused-ring (bicyclic) bond motifs is 2. The lowest BCUT2D eigenvalue weighted by molar-refractivity contribution is -2.00. The molecule has 0 radical (unpaired) electrons. The second-order valence-electron chi connectivity index (χ2n) is 6.65. The fourth-order valence-corrected chi connectivity index (χ4v) is 3.32. The van der Waals surface area contributed by atoms with Gasteiger partial charge >= 0.3 is 0 Å². The summed E-state index contributed by atoms with van der Waals surface area (Å²) in [4.78, 5) is 7.09. The molecule has 9 heteroatoms. The minimum Gasteiger partial charge on any atom is -0.452 e. The summed E-state index contributed by atoms with van der Waals surface area (Å²) in [6, 6.07) is 12.6. The molecule has 0 atom stereocenters. The van der Waals surface area contributed by atoms with Crippen LogP contribution in [0.1, 0.15) is 34.1 Å². The fourth-order valence-electron chi connectivity index (χ4n) is 3.32. The van der Waals surface area contributed by atoms with Gasteiger partial charge in [-0.25, -0.2) is 28.2 Å². The van der Waals surface area contributed by atoms with Crippen LogP contribution in [0.5, 0.6) is 0 Å². The molecule has 1 aromatic rings. The number of anilines is 1. The first-order chi connectivity index (χ1) is 14.2. The predicted molar refractivity (Wildman–Crippen MR) is 105 cm³/mol. The molecule has 0 saturated heterocycles. The maximum Gasteiger partial charge on any atom is 0.203 e. The van der Waals surface area contributed by atoms with Crippen LogP contribution in [0.25, 0.3) is 22.6 Å². The second kappa shape index (κ2) is 10.7. The zero-order valence-electron chi connectivity index (χ0n) is 17.8. The normalized spacial score (nSPS) is 12.5. The Morgan fingerprint density at radius 2 is 1.63 bits per heavy atom. The average Bonchev–Trinajstić information content (AvgIpc) is 2.69. The van der Waals surface area contributed by atoms with Crippen molar-refractivity contribution >= 4 is 16.8 Å². The highest BCUT2D eigenvalue weighted by molar-refractivity contribution is 5.80. The van der Waals surface area contributed by atoms with Crippen molar-refractivity contribution < 1.29 is 33.3 Å². The van der Waals surface area contributed by atoms with Crippen LogP contribution in [0.3, 0.4) is 0 Å². The lowest BCUT2D eigenvalue weighted by Gasteiger charge is -2.21. The van der Waals surface area contributed by atoms with Crippen molar-refractivity contribution in [1.82, 2.24) is 9.56 Å². The number of hydrogen-bond donors (Lipinski definition) is 0. The molecule has 0 aromatic heterocycles. The van der Waals surface area contributed by atoms with Crippen molar-refractivity contribution in [3.05, 3.63) is 41.8 Å². The third kappa shape index (κ3) is 6.65. The van der Waals surface area contributed by atoms with Crippen molar-refractivity contribution in [2.24, 2.45) is 0 Å². The minimum absolute atomic E-state index is 0.840. The maximum atomic E-state index is 8.49.